The molecule has 0 spiro atoms. The third kappa shape index (κ3) is 1.96. The molecule has 2 atom stereocenters. The van der Waals surface area contributed by atoms with Crippen molar-refractivity contribution < 1.29 is 0 Å². The zero-order valence-corrected chi connectivity index (χ0v) is 9.63. The smallest absolute Gasteiger partial charge is 0.0114 e. The van der Waals surface area contributed by atoms with Gasteiger partial charge in [0.25, 0.3) is 0 Å². The largest absolute Gasteiger partial charge is 0.314 e. The van der Waals surface area contributed by atoms with Crippen LogP contribution >= 0.6 is 0 Å². The van der Waals surface area contributed by atoms with Crippen molar-refractivity contribution in [3.8, 4) is 0 Å². The molecule has 2 saturated heterocycles. The van der Waals surface area contributed by atoms with E-state index >= 15 is 0 Å². The SMILES string of the molecule is CCCN1C2CCC1CC(NCC)C2. The number of nitrogens with zero attached hydrogens (tertiary/aromatic N) is 1. The van der Waals surface area contributed by atoms with Gasteiger partial charge < -0.3 is 5.32 Å². The fraction of sp³-hybridized carbons (Fsp3) is 1.00. The Morgan fingerprint density at radius 2 is 1.79 bits per heavy atom. The summed E-state index contributed by atoms with van der Waals surface area (Å²) in [5.74, 6) is 0. The number of piperidine rings is 1. The van der Waals surface area contributed by atoms with Crippen LogP contribution in [0.3, 0.4) is 0 Å². The second-order valence-corrected chi connectivity index (χ2v) is 4.85. The van der Waals surface area contributed by atoms with E-state index in [1.165, 1.54) is 38.6 Å². The third-order valence-electron chi connectivity index (χ3n) is 3.86. The molecule has 2 rings (SSSR count). The van der Waals surface area contributed by atoms with Crippen molar-refractivity contribution in [2.24, 2.45) is 0 Å². The Labute approximate surface area is 88.1 Å². The molecule has 0 aromatic carbocycles. The summed E-state index contributed by atoms with van der Waals surface area (Å²) in [7, 11) is 0. The monoisotopic (exact) mass is 196 g/mol. The molecule has 1 N–H and O–H groups in total. The third-order valence-corrected chi connectivity index (χ3v) is 3.86. The highest BCUT2D eigenvalue weighted by Gasteiger charge is 2.39. The highest BCUT2D eigenvalue weighted by atomic mass is 15.2. The van der Waals surface area contributed by atoms with Crippen molar-refractivity contribution in [1.29, 1.82) is 0 Å². The van der Waals surface area contributed by atoms with E-state index in [0.717, 1.165) is 24.7 Å². The van der Waals surface area contributed by atoms with Crippen molar-refractivity contribution in [2.45, 2.75) is 64.1 Å². The van der Waals surface area contributed by atoms with E-state index in [9.17, 15) is 0 Å². The molecule has 0 aromatic heterocycles. The first-order valence-corrected chi connectivity index (χ1v) is 6.34. The van der Waals surface area contributed by atoms with E-state index in [0.29, 0.717) is 0 Å². The lowest BCUT2D eigenvalue weighted by molar-refractivity contribution is 0.118. The molecule has 2 aliphatic rings. The number of hydrogen-bond donors (Lipinski definition) is 1. The minimum atomic E-state index is 0.811. The van der Waals surface area contributed by atoms with Crippen LogP contribution in [-0.4, -0.2) is 36.1 Å². The Balaban J connectivity index is 1.91. The predicted molar refractivity (Wildman–Crippen MR) is 60.5 cm³/mol. The van der Waals surface area contributed by atoms with Gasteiger partial charge in [-0.2, -0.15) is 0 Å². The molecule has 2 nitrogen and oxygen atoms in total. The Morgan fingerprint density at radius 3 is 2.29 bits per heavy atom. The molecule has 2 bridgehead atoms. The lowest BCUT2D eigenvalue weighted by Gasteiger charge is -2.39. The van der Waals surface area contributed by atoms with E-state index in [2.05, 4.69) is 24.1 Å². The summed E-state index contributed by atoms with van der Waals surface area (Å²) in [6.07, 6.45) is 7.01. The van der Waals surface area contributed by atoms with Crippen LogP contribution in [0.2, 0.25) is 0 Å². The molecule has 0 radical (unpaired) electrons. The Morgan fingerprint density at radius 1 is 1.14 bits per heavy atom. The molecule has 2 heterocycles. The fourth-order valence-electron chi connectivity index (χ4n) is 3.35. The second kappa shape index (κ2) is 4.63. The van der Waals surface area contributed by atoms with E-state index in [4.69, 9.17) is 0 Å². The van der Waals surface area contributed by atoms with E-state index in [1.807, 2.05) is 0 Å². The van der Waals surface area contributed by atoms with Gasteiger partial charge in [-0.15, -0.1) is 0 Å². The normalized spacial score (nSPS) is 37.7. The van der Waals surface area contributed by atoms with Crippen LogP contribution in [0.5, 0.6) is 0 Å². The highest BCUT2D eigenvalue weighted by Crippen LogP contribution is 2.35. The van der Waals surface area contributed by atoms with Crippen molar-refractivity contribution in [3.63, 3.8) is 0 Å². The molecular formula is C12H24N2. The number of hydrogen-bond acceptors (Lipinski definition) is 2. The van der Waals surface area contributed by atoms with E-state index < -0.39 is 0 Å². The van der Waals surface area contributed by atoms with Gasteiger partial charge in [-0.05, 0) is 45.2 Å². The maximum Gasteiger partial charge on any atom is 0.0114 e. The van der Waals surface area contributed by atoms with Crippen LogP contribution in [0.25, 0.3) is 0 Å². The topological polar surface area (TPSA) is 15.3 Å². The predicted octanol–water partition coefficient (Wildman–Crippen LogP) is 2.00. The van der Waals surface area contributed by atoms with Crippen LogP contribution in [0.1, 0.15) is 46.0 Å². The highest BCUT2D eigenvalue weighted by molar-refractivity contribution is 4.97. The minimum Gasteiger partial charge on any atom is -0.314 e. The second-order valence-electron chi connectivity index (χ2n) is 4.85. The van der Waals surface area contributed by atoms with Crippen LogP contribution in [-0.2, 0) is 0 Å². The van der Waals surface area contributed by atoms with Crippen molar-refractivity contribution in [3.05, 3.63) is 0 Å². The maximum absolute atomic E-state index is 3.62. The number of rotatable bonds is 4. The zero-order valence-electron chi connectivity index (χ0n) is 9.63. The molecule has 2 heteroatoms. The standard InChI is InChI=1S/C12H24N2/c1-3-7-14-11-5-6-12(14)9-10(8-11)13-4-2/h10-13H,3-9H2,1-2H3. The van der Waals surface area contributed by atoms with Crippen LogP contribution in [0.15, 0.2) is 0 Å². The van der Waals surface area contributed by atoms with Gasteiger partial charge in [-0.25, -0.2) is 0 Å². The first kappa shape index (κ1) is 10.4. The molecule has 14 heavy (non-hydrogen) atoms. The fourth-order valence-corrected chi connectivity index (χ4v) is 3.35. The zero-order chi connectivity index (χ0) is 9.97. The summed E-state index contributed by atoms with van der Waals surface area (Å²) in [5.41, 5.74) is 0. The summed E-state index contributed by atoms with van der Waals surface area (Å²) >= 11 is 0. The lowest BCUT2D eigenvalue weighted by Crippen LogP contribution is -2.49. The van der Waals surface area contributed by atoms with Gasteiger partial charge in [0.2, 0.25) is 0 Å². The van der Waals surface area contributed by atoms with Crippen molar-refractivity contribution >= 4 is 0 Å². The van der Waals surface area contributed by atoms with E-state index in [1.54, 1.807) is 0 Å². The van der Waals surface area contributed by atoms with Crippen LogP contribution in [0, 0.1) is 0 Å². The maximum atomic E-state index is 3.62. The van der Waals surface area contributed by atoms with Gasteiger partial charge in [-0.1, -0.05) is 13.8 Å². The van der Waals surface area contributed by atoms with Gasteiger partial charge in [0.05, 0.1) is 0 Å². The van der Waals surface area contributed by atoms with Gasteiger partial charge >= 0.3 is 0 Å². The Hall–Kier alpha value is -0.0800. The van der Waals surface area contributed by atoms with E-state index in [-0.39, 0.29) is 0 Å². The summed E-state index contributed by atoms with van der Waals surface area (Å²) in [6, 6.07) is 2.61. The summed E-state index contributed by atoms with van der Waals surface area (Å²) in [4.78, 5) is 2.77. The van der Waals surface area contributed by atoms with Crippen molar-refractivity contribution in [2.75, 3.05) is 13.1 Å². The molecular weight excluding hydrogens is 172 g/mol. The summed E-state index contributed by atoms with van der Waals surface area (Å²) in [6.45, 7) is 6.99. The molecule has 82 valence electrons. The van der Waals surface area contributed by atoms with Crippen LogP contribution < -0.4 is 5.32 Å². The number of fused-ring (bicyclic) bond motifs is 2. The van der Waals surface area contributed by atoms with Gasteiger partial charge in [0, 0.05) is 18.1 Å². The first-order chi connectivity index (χ1) is 6.85. The molecule has 2 unspecified atom stereocenters. The average molecular weight is 196 g/mol. The molecule has 2 aliphatic heterocycles. The van der Waals surface area contributed by atoms with Crippen molar-refractivity contribution in [1.82, 2.24) is 10.2 Å². The molecule has 0 amide bonds. The summed E-state index contributed by atoms with van der Waals surface area (Å²) < 4.78 is 0. The molecule has 0 aliphatic carbocycles. The summed E-state index contributed by atoms with van der Waals surface area (Å²) in [5, 5.41) is 3.62. The minimum absolute atomic E-state index is 0.811. The molecule has 0 saturated carbocycles. The van der Waals surface area contributed by atoms with Gasteiger partial charge in [0.1, 0.15) is 0 Å². The number of nitrogens with one attached hydrogen (secondary N) is 1. The van der Waals surface area contributed by atoms with Crippen LogP contribution in [0.4, 0.5) is 0 Å². The first-order valence-electron chi connectivity index (χ1n) is 6.34. The quantitative estimate of drug-likeness (QED) is 0.740. The molecule has 0 aromatic rings. The average Bonchev–Trinajstić information content (AvgIpc) is 2.44. The Bertz CT molecular complexity index is 167. The lowest BCUT2D eigenvalue weighted by atomic mass is 9.97. The van der Waals surface area contributed by atoms with Gasteiger partial charge in [0.15, 0.2) is 0 Å². The Kier molecular flexibility index (Phi) is 3.45. The molecule has 2 fully saturated rings. The van der Waals surface area contributed by atoms with Gasteiger partial charge in [-0.3, -0.25) is 4.90 Å².